The van der Waals surface area contributed by atoms with Crippen molar-refractivity contribution in [2.45, 2.75) is 5.16 Å². The molecule has 0 spiro atoms. The highest BCUT2D eigenvalue weighted by molar-refractivity contribution is 7.91. The van der Waals surface area contributed by atoms with Gasteiger partial charge in [-0.3, -0.25) is 0 Å². The molecule has 0 saturated heterocycles. The molecule has 0 aromatic carbocycles. The molecule has 0 amide bonds. The van der Waals surface area contributed by atoms with E-state index in [1.807, 2.05) is 0 Å². The Morgan fingerprint density at radius 2 is 2.33 bits per heavy atom. The highest BCUT2D eigenvalue weighted by Crippen LogP contribution is 2.04. The van der Waals surface area contributed by atoms with Crippen LogP contribution >= 0.6 is 0 Å². The number of nitrogens with zero attached hydrogens (tertiary/aromatic N) is 3. The second-order valence-corrected chi connectivity index (χ2v) is 4.27. The highest BCUT2D eigenvalue weighted by atomic mass is 32.2. The van der Waals surface area contributed by atoms with Gasteiger partial charge in [-0.2, -0.15) is 0 Å². The summed E-state index contributed by atoms with van der Waals surface area (Å²) in [4.78, 5) is 0. The summed E-state index contributed by atoms with van der Waals surface area (Å²) in [6, 6.07) is 0. The second-order valence-electron chi connectivity index (χ2n) is 2.27. The smallest absolute Gasteiger partial charge is 0.249 e. The topological polar surface area (TPSA) is 85.1 Å². The van der Waals surface area contributed by atoms with E-state index >= 15 is 0 Å². The zero-order chi connectivity index (χ0) is 9.19. The lowest BCUT2D eigenvalue weighted by molar-refractivity contribution is 0.319. The van der Waals surface area contributed by atoms with Gasteiger partial charge in [0, 0.05) is 7.05 Å². The molecule has 0 unspecified atom stereocenters. The van der Waals surface area contributed by atoms with Gasteiger partial charge in [0.15, 0.2) is 0 Å². The zero-order valence-electron chi connectivity index (χ0n) is 6.51. The first-order chi connectivity index (χ1) is 5.58. The van der Waals surface area contributed by atoms with Gasteiger partial charge in [-0.15, -0.1) is 10.2 Å². The summed E-state index contributed by atoms with van der Waals surface area (Å²) < 4.78 is 23.8. The number of aromatic nitrogens is 3. The van der Waals surface area contributed by atoms with E-state index in [2.05, 4.69) is 10.2 Å². The van der Waals surface area contributed by atoms with E-state index in [9.17, 15) is 8.42 Å². The maximum absolute atomic E-state index is 11.2. The van der Waals surface area contributed by atoms with Crippen LogP contribution in [0, 0.1) is 0 Å². The van der Waals surface area contributed by atoms with Crippen LogP contribution in [0.2, 0.25) is 0 Å². The number of rotatable bonds is 3. The van der Waals surface area contributed by atoms with E-state index < -0.39 is 16.4 Å². The molecule has 0 fully saturated rings. The highest BCUT2D eigenvalue weighted by Gasteiger charge is 2.18. The largest absolute Gasteiger partial charge is 0.395 e. The first kappa shape index (κ1) is 9.14. The third-order valence-electron chi connectivity index (χ3n) is 1.31. The predicted molar refractivity (Wildman–Crippen MR) is 40.1 cm³/mol. The summed E-state index contributed by atoms with van der Waals surface area (Å²) in [6.07, 6.45) is 1.30. The number of hydrogen-bond donors (Lipinski definition) is 1. The van der Waals surface area contributed by atoms with Crippen LogP contribution in [0.1, 0.15) is 0 Å². The minimum absolute atomic E-state index is 0.114. The van der Waals surface area contributed by atoms with E-state index in [-0.39, 0.29) is 10.9 Å². The van der Waals surface area contributed by atoms with Gasteiger partial charge >= 0.3 is 0 Å². The van der Waals surface area contributed by atoms with Gasteiger partial charge in [-0.25, -0.2) is 8.42 Å². The van der Waals surface area contributed by atoms with Gasteiger partial charge in [-0.05, 0) is 0 Å². The molecular formula is C5H9N3O3S. The molecule has 1 rings (SSSR count). The molecule has 6 nitrogen and oxygen atoms in total. The van der Waals surface area contributed by atoms with Crippen molar-refractivity contribution in [3.63, 3.8) is 0 Å². The van der Waals surface area contributed by atoms with Gasteiger partial charge in [-0.1, -0.05) is 0 Å². The third-order valence-corrected chi connectivity index (χ3v) is 2.95. The van der Waals surface area contributed by atoms with Gasteiger partial charge in [0.25, 0.3) is 0 Å². The first-order valence-corrected chi connectivity index (χ1v) is 4.91. The molecule has 0 bridgehead atoms. The van der Waals surface area contributed by atoms with Crippen LogP contribution in [0.25, 0.3) is 0 Å². The fourth-order valence-electron chi connectivity index (χ4n) is 0.766. The molecule has 0 saturated carbocycles. The Bertz CT molecular complexity index is 356. The lowest BCUT2D eigenvalue weighted by atomic mass is 10.9. The number of aryl methyl sites for hydroxylation is 1. The van der Waals surface area contributed by atoms with Crippen molar-refractivity contribution in [3.05, 3.63) is 6.33 Å². The average molecular weight is 191 g/mol. The molecule has 0 aliphatic carbocycles. The van der Waals surface area contributed by atoms with Crippen LogP contribution in [-0.2, 0) is 16.9 Å². The molecule has 1 N–H and O–H groups in total. The quantitative estimate of drug-likeness (QED) is 0.634. The summed E-state index contributed by atoms with van der Waals surface area (Å²) >= 11 is 0. The van der Waals surface area contributed by atoms with E-state index in [4.69, 9.17) is 5.11 Å². The Morgan fingerprint density at radius 3 is 2.75 bits per heavy atom. The van der Waals surface area contributed by atoms with Crippen molar-refractivity contribution < 1.29 is 13.5 Å². The van der Waals surface area contributed by atoms with Crippen molar-refractivity contribution in [2.75, 3.05) is 12.4 Å². The molecule has 0 aliphatic rings. The van der Waals surface area contributed by atoms with Gasteiger partial charge in [0.05, 0.1) is 12.4 Å². The Morgan fingerprint density at radius 1 is 1.67 bits per heavy atom. The first-order valence-electron chi connectivity index (χ1n) is 3.25. The minimum atomic E-state index is -3.46. The summed E-state index contributed by atoms with van der Waals surface area (Å²) in [5.74, 6) is -0.320. The second kappa shape index (κ2) is 3.20. The number of sulfone groups is 1. The summed E-state index contributed by atoms with van der Waals surface area (Å²) in [5.41, 5.74) is 0. The van der Waals surface area contributed by atoms with Crippen molar-refractivity contribution in [2.24, 2.45) is 7.05 Å². The van der Waals surface area contributed by atoms with E-state index in [1.165, 1.54) is 17.9 Å². The molecule has 0 atom stereocenters. The Labute approximate surface area is 69.8 Å². The van der Waals surface area contributed by atoms with E-state index in [0.29, 0.717) is 0 Å². The summed E-state index contributed by atoms with van der Waals surface area (Å²) in [6.45, 7) is -0.408. The SMILES string of the molecule is Cn1cnnc1S(=O)(=O)CCO. The fraction of sp³-hybridized carbons (Fsp3) is 0.600. The van der Waals surface area contributed by atoms with E-state index in [0.717, 1.165) is 0 Å². The van der Waals surface area contributed by atoms with Crippen molar-refractivity contribution in [1.29, 1.82) is 0 Å². The molecule has 1 aromatic rings. The van der Waals surface area contributed by atoms with Gasteiger partial charge < -0.3 is 9.67 Å². The Kier molecular flexibility index (Phi) is 2.43. The van der Waals surface area contributed by atoms with Gasteiger partial charge in [0.1, 0.15) is 6.33 Å². The van der Waals surface area contributed by atoms with E-state index in [1.54, 1.807) is 0 Å². The fourth-order valence-corrected chi connectivity index (χ4v) is 1.85. The molecule has 0 aliphatic heterocycles. The molecule has 0 radical (unpaired) electrons. The van der Waals surface area contributed by atoms with Crippen LogP contribution in [-0.4, -0.2) is 40.6 Å². The normalized spacial score (nSPS) is 11.8. The lowest BCUT2D eigenvalue weighted by Crippen LogP contribution is -2.14. The monoisotopic (exact) mass is 191 g/mol. The average Bonchev–Trinajstić information content (AvgIpc) is 2.35. The van der Waals surface area contributed by atoms with Crippen LogP contribution < -0.4 is 0 Å². The number of aliphatic hydroxyl groups is 1. The summed E-state index contributed by atoms with van der Waals surface area (Å²) in [5, 5.41) is 15.2. The number of hydrogen-bond acceptors (Lipinski definition) is 5. The van der Waals surface area contributed by atoms with Crippen molar-refractivity contribution >= 4 is 9.84 Å². The summed E-state index contributed by atoms with van der Waals surface area (Å²) in [7, 11) is -1.93. The molecule has 1 heterocycles. The maximum Gasteiger partial charge on any atom is 0.249 e. The third kappa shape index (κ3) is 1.62. The van der Waals surface area contributed by atoms with Crippen LogP contribution in [0.15, 0.2) is 11.5 Å². The molecule has 7 heteroatoms. The van der Waals surface area contributed by atoms with Crippen LogP contribution in [0.3, 0.4) is 0 Å². The van der Waals surface area contributed by atoms with Crippen molar-refractivity contribution in [1.82, 2.24) is 14.8 Å². The van der Waals surface area contributed by atoms with Crippen molar-refractivity contribution in [3.8, 4) is 0 Å². The Balaban J connectivity index is 3.06. The molecule has 12 heavy (non-hydrogen) atoms. The van der Waals surface area contributed by atoms with Crippen LogP contribution in [0.4, 0.5) is 0 Å². The zero-order valence-corrected chi connectivity index (χ0v) is 7.32. The minimum Gasteiger partial charge on any atom is -0.395 e. The number of aliphatic hydroxyl groups excluding tert-OH is 1. The molecule has 68 valence electrons. The maximum atomic E-state index is 11.2. The lowest BCUT2D eigenvalue weighted by Gasteiger charge is -1.99. The van der Waals surface area contributed by atoms with Crippen LogP contribution in [0.5, 0.6) is 0 Å². The Hall–Kier alpha value is -0.950. The molecular weight excluding hydrogens is 182 g/mol. The predicted octanol–water partition coefficient (Wildman–Crippen LogP) is -1.42. The standard InChI is InChI=1S/C5H9N3O3S/c1-8-4-6-7-5(8)12(10,11)3-2-9/h4,9H,2-3H2,1H3. The molecule has 1 aromatic heterocycles. The van der Waals surface area contributed by atoms with Gasteiger partial charge in [0.2, 0.25) is 15.0 Å².